The van der Waals surface area contributed by atoms with Crippen LogP contribution in [0.2, 0.25) is 0 Å². The SMILES string of the molecule is Cc1ccc(C(CN)C(O)c2cc(C)cc(Br)c2)cc1. The summed E-state index contributed by atoms with van der Waals surface area (Å²) >= 11 is 3.48. The molecule has 0 fully saturated rings. The predicted octanol–water partition coefficient (Wildman–Crippen LogP) is 3.84. The Bertz CT molecular complexity index is 560. The zero-order valence-corrected chi connectivity index (χ0v) is 13.4. The monoisotopic (exact) mass is 333 g/mol. The third-order valence-corrected chi connectivity index (χ3v) is 4.00. The van der Waals surface area contributed by atoms with Gasteiger partial charge >= 0.3 is 0 Å². The number of aliphatic hydroxyl groups is 1. The van der Waals surface area contributed by atoms with Gasteiger partial charge in [0.1, 0.15) is 0 Å². The van der Waals surface area contributed by atoms with Gasteiger partial charge in [0.05, 0.1) is 6.10 Å². The Morgan fingerprint density at radius 2 is 1.65 bits per heavy atom. The van der Waals surface area contributed by atoms with Crippen LogP contribution in [0.3, 0.4) is 0 Å². The fraction of sp³-hybridized carbons (Fsp3) is 0.294. The maximum atomic E-state index is 10.7. The standard InChI is InChI=1S/C17H20BrNO/c1-11-3-5-13(6-4-11)16(10-19)17(20)14-7-12(2)8-15(18)9-14/h3-9,16-17,20H,10,19H2,1-2H3. The molecule has 2 rings (SSSR count). The zero-order valence-electron chi connectivity index (χ0n) is 11.8. The van der Waals surface area contributed by atoms with Crippen LogP contribution in [0.1, 0.15) is 34.3 Å². The topological polar surface area (TPSA) is 46.2 Å². The van der Waals surface area contributed by atoms with Crippen LogP contribution in [-0.4, -0.2) is 11.7 Å². The van der Waals surface area contributed by atoms with Crippen molar-refractivity contribution in [3.8, 4) is 0 Å². The van der Waals surface area contributed by atoms with Crippen molar-refractivity contribution in [1.82, 2.24) is 0 Å². The van der Waals surface area contributed by atoms with E-state index in [4.69, 9.17) is 5.73 Å². The lowest BCUT2D eigenvalue weighted by Crippen LogP contribution is -2.20. The summed E-state index contributed by atoms with van der Waals surface area (Å²) in [6, 6.07) is 14.2. The fourth-order valence-electron chi connectivity index (χ4n) is 2.43. The largest absolute Gasteiger partial charge is 0.388 e. The van der Waals surface area contributed by atoms with E-state index in [0.717, 1.165) is 21.2 Å². The van der Waals surface area contributed by atoms with Gasteiger partial charge in [0.2, 0.25) is 0 Å². The number of aliphatic hydroxyl groups excluding tert-OH is 1. The van der Waals surface area contributed by atoms with Crippen molar-refractivity contribution >= 4 is 15.9 Å². The Morgan fingerprint density at radius 1 is 1.00 bits per heavy atom. The third kappa shape index (κ3) is 3.48. The summed E-state index contributed by atoms with van der Waals surface area (Å²) < 4.78 is 0.978. The van der Waals surface area contributed by atoms with E-state index < -0.39 is 6.10 Å². The molecule has 2 aromatic rings. The molecular formula is C17H20BrNO. The van der Waals surface area contributed by atoms with E-state index in [1.54, 1.807) is 0 Å². The summed E-state index contributed by atoms with van der Waals surface area (Å²) in [5.74, 6) is -0.0932. The summed E-state index contributed by atoms with van der Waals surface area (Å²) in [5, 5.41) is 10.7. The van der Waals surface area contributed by atoms with Gasteiger partial charge in [0.15, 0.2) is 0 Å². The van der Waals surface area contributed by atoms with Crippen molar-refractivity contribution in [3.05, 3.63) is 69.2 Å². The van der Waals surface area contributed by atoms with Crippen LogP contribution in [0.5, 0.6) is 0 Å². The van der Waals surface area contributed by atoms with E-state index in [-0.39, 0.29) is 5.92 Å². The maximum Gasteiger partial charge on any atom is 0.0871 e. The maximum absolute atomic E-state index is 10.7. The number of rotatable bonds is 4. The van der Waals surface area contributed by atoms with E-state index in [1.165, 1.54) is 5.56 Å². The number of hydrogen-bond donors (Lipinski definition) is 2. The minimum Gasteiger partial charge on any atom is -0.388 e. The van der Waals surface area contributed by atoms with Gasteiger partial charge < -0.3 is 10.8 Å². The first kappa shape index (κ1) is 15.2. The highest BCUT2D eigenvalue weighted by atomic mass is 79.9. The van der Waals surface area contributed by atoms with Gasteiger partial charge in [-0.05, 0) is 42.7 Å². The number of aryl methyl sites for hydroxylation is 2. The number of nitrogens with two attached hydrogens (primary N) is 1. The predicted molar refractivity (Wildman–Crippen MR) is 86.8 cm³/mol. The van der Waals surface area contributed by atoms with E-state index in [0.29, 0.717) is 6.54 Å². The second kappa shape index (κ2) is 6.53. The van der Waals surface area contributed by atoms with E-state index in [2.05, 4.69) is 35.0 Å². The molecule has 0 aliphatic carbocycles. The Balaban J connectivity index is 2.33. The second-order valence-electron chi connectivity index (χ2n) is 5.26. The van der Waals surface area contributed by atoms with Crippen molar-refractivity contribution in [2.45, 2.75) is 25.9 Å². The van der Waals surface area contributed by atoms with Gasteiger partial charge in [-0.25, -0.2) is 0 Å². The molecule has 0 saturated heterocycles. The van der Waals surface area contributed by atoms with Crippen molar-refractivity contribution in [2.24, 2.45) is 5.73 Å². The van der Waals surface area contributed by atoms with Crippen molar-refractivity contribution in [3.63, 3.8) is 0 Å². The summed E-state index contributed by atoms with van der Waals surface area (Å²) in [4.78, 5) is 0. The third-order valence-electron chi connectivity index (χ3n) is 3.55. The number of halogens is 1. The van der Waals surface area contributed by atoms with Crippen LogP contribution in [-0.2, 0) is 0 Å². The molecule has 0 saturated carbocycles. The van der Waals surface area contributed by atoms with Crippen LogP contribution in [0.15, 0.2) is 46.9 Å². The van der Waals surface area contributed by atoms with Crippen LogP contribution in [0.4, 0.5) is 0 Å². The molecule has 2 aromatic carbocycles. The lowest BCUT2D eigenvalue weighted by Gasteiger charge is -2.23. The summed E-state index contributed by atoms with van der Waals surface area (Å²) in [7, 11) is 0. The Labute approximate surface area is 128 Å². The quantitative estimate of drug-likeness (QED) is 0.892. The molecule has 0 radical (unpaired) electrons. The highest BCUT2D eigenvalue weighted by Gasteiger charge is 2.21. The average Bonchev–Trinajstić information content (AvgIpc) is 2.40. The van der Waals surface area contributed by atoms with Crippen molar-refractivity contribution < 1.29 is 5.11 Å². The highest BCUT2D eigenvalue weighted by Crippen LogP contribution is 2.32. The van der Waals surface area contributed by atoms with Crippen molar-refractivity contribution in [2.75, 3.05) is 6.54 Å². The second-order valence-corrected chi connectivity index (χ2v) is 6.18. The van der Waals surface area contributed by atoms with E-state index >= 15 is 0 Å². The van der Waals surface area contributed by atoms with Crippen LogP contribution in [0.25, 0.3) is 0 Å². The normalized spacial score (nSPS) is 14.1. The van der Waals surface area contributed by atoms with Gasteiger partial charge in [-0.15, -0.1) is 0 Å². The van der Waals surface area contributed by atoms with Gasteiger partial charge in [-0.3, -0.25) is 0 Å². The van der Waals surface area contributed by atoms with E-state index in [9.17, 15) is 5.11 Å². The van der Waals surface area contributed by atoms with Gasteiger partial charge in [-0.1, -0.05) is 51.8 Å². The molecule has 0 aliphatic heterocycles. The minimum atomic E-state index is -0.598. The Morgan fingerprint density at radius 3 is 2.20 bits per heavy atom. The first-order valence-corrected chi connectivity index (χ1v) is 7.52. The lowest BCUT2D eigenvalue weighted by atomic mass is 9.88. The van der Waals surface area contributed by atoms with Gasteiger partial charge in [0, 0.05) is 16.9 Å². The number of hydrogen-bond acceptors (Lipinski definition) is 2. The average molecular weight is 334 g/mol. The molecule has 0 aliphatic rings. The van der Waals surface area contributed by atoms with Crippen LogP contribution < -0.4 is 5.73 Å². The molecule has 2 nitrogen and oxygen atoms in total. The zero-order chi connectivity index (χ0) is 14.7. The molecule has 2 atom stereocenters. The van der Waals surface area contributed by atoms with Gasteiger partial charge in [0.25, 0.3) is 0 Å². The molecule has 0 amide bonds. The minimum absolute atomic E-state index is 0.0932. The first-order valence-electron chi connectivity index (χ1n) is 6.73. The summed E-state index contributed by atoms with van der Waals surface area (Å²) in [6.45, 7) is 4.48. The molecule has 3 heteroatoms. The molecule has 0 spiro atoms. The molecule has 0 heterocycles. The molecule has 0 bridgehead atoms. The van der Waals surface area contributed by atoms with Crippen LogP contribution in [0, 0.1) is 13.8 Å². The molecule has 106 valence electrons. The molecule has 2 unspecified atom stereocenters. The fourth-order valence-corrected chi connectivity index (χ4v) is 3.05. The first-order chi connectivity index (χ1) is 9.51. The highest BCUT2D eigenvalue weighted by molar-refractivity contribution is 9.10. The molecule has 20 heavy (non-hydrogen) atoms. The van der Waals surface area contributed by atoms with Crippen molar-refractivity contribution in [1.29, 1.82) is 0 Å². The Hall–Kier alpha value is -1.16. The van der Waals surface area contributed by atoms with Crippen LogP contribution >= 0.6 is 15.9 Å². The van der Waals surface area contributed by atoms with Gasteiger partial charge in [-0.2, -0.15) is 0 Å². The summed E-state index contributed by atoms with van der Waals surface area (Å²) in [6.07, 6.45) is -0.598. The van der Waals surface area contributed by atoms with E-state index in [1.807, 2.05) is 37.3 Å². The molecule has 3 N–H and O–H groups in total. The Kier molecular flexibility index (Phi) is 4.97. The molecule has 0 aromatic heterocycles. The lowest BCUT2D eigenvalue weighted by molar-refractivity contribution is 0.147. The summed E-state index contributed by atoms with van der Waals surface area (Å²) in [5.41, 5.74) is 10.2. The number of benzene rings is 2. The smallest absolute Gasteiger partial charge is 0.0871 e. The molecular weight excluding hydrogens is 314 g/mol.